The van der Waals surface area contributed by atoms with Crippen molar-refractivity contribution in [3.8, 4) is 0 Å². The Labute approximate surface area is 79.7 Å². The number of nitrogens with zero attached hydrogens (tertiary/aromatic N) is 1. The van der Waals surface area contributed by atoms with E-state index < -0.39 is 0 Å². The van der Waals surface area contributed by atoms with Crippen LogP contribution in [-0.4, -0.2) is 44.7 Å². The second-order valence-corrected chi connectivity index (χ2v) is 3.98. The minimum atomic E-state index is -0.000803. The van der Waals surface area contributed by atoms with E-state index in [0.717, 1.165) is 25.6 Å². The van der Waals surface area contributed by atoms with Crippen LogP contribution in [0.25, 0.3) is 0 Å². The van der Waals surface area contributed by atoms with Crippen LogP contribution < -0.4 is 10.6 Å². The molecule has 1 aliphatic heterocycles. The quantitative estimate of drug-likeness (QED) is 0.655. The van der Waals surface area contributed by atoms with Crippen molar-refractivity contribution in [2.24, 2.45) is 11.8 Å². The fourth-order valence-electron chi connectivity index (χ4n) is 1.29. The van der Waals surface area contributed by atoms with Crippen LogP contribution in [-0.2, 0) is 0 Å². The molecule has 1 atom stereocenters. The molecule has 1 unspecified atom stereocenters. The highest BCUT2D eigenvalue weighted by Crippen LogP contribution is 2.14. The molecule has 0 bridgehead atoms. The Kier molecular flexibility index (Phi) is 3.54. The maximum atomic E-state index is 11.2. The Morgan fingerprint density at radius 2 is 2.23 bits per heavy atom. The molecule has 0 saturated carbocycles. The molecule has 13 heavy (non-hydrogen) atoms. The summed E-state index contributed by atoms with van der Waals surface area (Å²) < 4.78 is 0. The van der Waals surface area contributed by atoms with Gasteiger partial charge in [-0.25, -0.2) is 4.79 Å². The lowest BCUT2D eigenvalue weighted by molar-refractivity contribution is 0.205. The van der Waals surface area contributed by atoms with E-state index >= 15 is 0 Å². The molecule has 1 fully saturated rings. The van der Waals surface area contributed by atoms with Gasteiger partial charge in [-0.05, 0) is 24.9 Å². The number of hydrogen-bond donors (Lipinski definition) is 2. The number of carbonyl (C=O) groups is 1. The van der Waals surface area contributed by atoms with Crippen LogP contribution in [0, 0.1) is 11.8 Å². The zero-order valence-electron chi connectivity index (χ0n) is 8.63. The molecular formula is C9H19N3O. The summed E-state index contributed by atoms with van der Waals surface area (Å²) in [5.41, 5.74) is 0. The van der Waals surface area contributed by atoms with Crippen molar-refractivity contribution in [1.82, 2.24) is 15.5 Å². The largest absolute Gasteiger partial charge is 0.338 e. The van der Waals surface area contributed by atoms with Gasteiger partial charge in [-0.2, -0.15) is 0 Å². The van der Waals surface area contributed by atoms with Crippen LogP contribution in [0.15, 0.2) is 0 Å². The zero-order chi connectivity index (χ0) is 9.84. The third kappa shape index (κ3) is 2.88. The molecule has 1 aliphatic rings. The second kappa shape index (κ2) is 4.46. The van der Waals surface area contributed by atoms with Gasteiger partial charge in [0.05, 0.1) is 0 Å². The van der Waals surface area contributed by atoms with Crippen LogP contribution in [0.3, 0.4) is 0 Å². The van der Waals surface area contributed by atoms with Crippen LogP contribution in [0.2, 0.25) is 0 Å². The van der Waals surface area contributed by atoms with E-state index in [1.807, 2.05) is 0 Å². The fourth-order valence-corrected chi connectivity index (χ4v) is 1.29. The third-order valence-electron chi connectivity index (χ3n) is 2.60. The van der Waals surface area contributed by atoms with Crippen molar-refractivity contribution in [3.63, 3.8) is 0 Å². The topological polar surface area (TPSA) is 44.4 Å². The summed E-state index contributed by atoms with van der Waals surface area (Å²) in [5.74, 6) is 1.31. The molecule has 0 aromatic rings. The summed E-state index contributed by atoms with van der Waals surface area (Å²) in [6, 6.07) is -0.000803. The van der Waals surface area contributed by atoms with Crippen LogP contribution in [0.5, 0.6) is 0 Å². The summed E-state index contributed by atoms with van der Waals surface area (Å²) >= 11 is 0. The minimum Gasteiger partial charge on any atom is -0.338 e. The van der Waals surface area contributed by atoms with Crippen LogP contribution >= 0.6 is 0 Å². The summed E-state index contributed by atoms with van der Waals surface area (Å²) in [4.78, 5) is 12.7. The molecule has 2 amide bonds. The Hall–Kier alpha value is -0.770. The van der Waals surface area contributed by atoms with Gasteiger partial charge in [-0.15, -0.1) is 0 Å². The normalized spacial score (nSPS) is 19.0. The minimum absolute atomic E-state index is 0.000803. The van der Waals surface area contributed by atoms with Gasteiger partial charge in [-0.3, -0.25) is 0 Å². The smallest absolute Gasteiger partial charge is 0.316 e. The SMILES string of the molecule is CC(CNC(=O)N(C)C)C1CNC1. The maximum Gasteiger partial charge on any atom is 0.316 e. The number of amides is 2. The molecule has 0 aliphatic carbocycles. The van der Waals surface area contributed by atoms with Crippen molar-refractivity contribution >= 4 is 6.03 Å². The van der Waals surface area contributed by atoms with E-state index in [1.54, 1.807) is 19.0 Å². The average molecular weight is 185 g/mol. The average Bonchev–Trinajstić information content (AvgIpc) is 1.96. The Bertz CT molecular complexity index is 178. The molecule has 1 heterocycles. The highest BCUT2D eigenvalue weighted by atomic mass is 16.2. The highest BCUT2D eigenvalue weighted by molar-refractivity contribution is 5.73. The van der Waals surface area contributed by atoms with Crippen molar-refractivity contribution in [2.45, 2.75) is 6.92 Å². The van der Waals surface area contributed by atoms with E-state index in [0.29, 0.717) is 5.92 Å². The molecule has 0 radical (unpaired) electrons. The molecule has 4 heteroatoms. The first-order valence-electron chi connectivity index (χ1n) is 4.77. The number of nitrogens with one attached hydrogen (secondary N) is 2. The lowest BCUT2D eigenvalue weighted by Crippen LogP contribution is -2.49. The number of urea groups is 1. The van der Waals surface area contributed by atoms with Crippen molar-refractivity contribution in [1.29, 1.82) is 0 Å². The number of rotatable bonds is 3. The first kappa shape index (κ1) is 10.3. The summed E-state index contributed by atoms with van der Waals surface area (Å²) in [5, 5.41) is 6.12. The van der Waals surface area contributed by atoms with Gasteiger partial charge < -0.3 is 15.5 Å². The zero-order valence-corrected chi connectivity index (χ0v) is 8.63. The first-order chi connectivity index (χ1) is 6.11. The lowest BCUT2D eigenvalue weighted by Gasteiger charge is -2.32. The molecule has 1 rings (SSSR count). The Morgan fingerprint density at radius 3 is 2.62 bits per heavy atom. The monoisotopic (exact) mass is 185 g/mol. The van der Waals surface area contributed by atoms with Gasteiger partial charge in [0.1, 0.15) is 0 Å². The predicted molar refractivity (Wildman–Crippen MR) is 52.6 cm³/mol. The summed E-state index contributed by atoms with van der Waals surface area (Å²) in [7, 11) is 3.51. The van der Waals surface area contributed by atoms with E-state index in [-0.39, 0.29) is 6.03 Å². The van der Waals surface area contributed by atoms with E-state index in [1.165, 1.54) is 0 Å². The third-order valence-corrected chi connectivity index (χ3v) is 2.60. The van der Waals surface area contributed by atoms with Gasteiger partial charge in [0.25, 0.3) is 0 Å². The van der Waals surface area contributed by atoms with Gasteiger partial charge in [0, 0.05) is 20.6 Å². The second-order valence-electron chi connectivity index (χ2n) is 3.98. The van der Waals surface area contributed by atoms with Gasteiger partial charge in [0.15, 0.2) is 0 Å². The Balaban J connectivity index is 2.13. The van der Waals surface area contributed by atoms with Gasteiger partial charge in [-0.1, -0.05) is 6.92 Å². The Morgan fingerprint density at radius 1 is 1.62 bits per heavy atom. The van der Waals surface area contributed by atoms with E-state index in [4.69, 9.17) is 0 Å². The molecule has 4 nitrogen and oxygen atoms in total. The molecule has 0 aromatic heterocycles. The van der Waals surface area contributed by atoms with Crippen LogP contribution in [0.1, 0.15) is 6.92 Å². The van der Waals surface area contributed by atoms with Crippen LogP contribution in [0.4, 0.5) is 4.79 Å². The summed E-state index contributed by atoms with van der Waals surface area (Å²) in [6.07, 6.45) is 0. The fraction of sp³-hybridized carbons (Fsp3) is 0.889. The molecule has 76 valence electrons. The first-order valence-corrected chi connectivity index (χ1v) is 4.77. The van der Waals surface area contributed by atoms with Gasteiger partial charge >= 0.3 is 6.03 Å². The molecule has 2 N–H and O–H groups in total. The predicted octanol–water partition coefficient (Wildman–Crippen LogP) is 0.113. The lowest BCUT2D eigenvalue weighted by atomic mass is 9.89. The molecule has 0 aromatic carbocycles. The number of carbonyl (C=O) groups excluding carboxylic acids is 1. The van der Waals surface area contributed by atoms with Crippen molar-refractivity contribution in [3.05, 3.63) is 0 Å². The molecule has 1 saturated heterocycles. The maximum absolute atomic E-state index is 11.2. The van der Waals surface area contributed by atoms with Crippen molar-refractivity contribution < 1.29 is 4.79 Å². The molecular weight excluding hydrogens is 166 g/mol. The number of hydrogen-bond acceptors (Lipinski definition) is 2. The van der Waals surface area contributed by atoms with E-state index in [2.05, 4.69) is 17.6 Å². The van der Waals surface area contributed by atoms with Gasteiger partial charge in [0.2, 0.25) is 0 Å². The van der Waals surface area contributed by atoms with Crippen molar-refractivity contribution in [2.75, 3.05) is 33.7 Å². The summed E-state index contributed by atoms with van der Waals surface area (Å²) in [6.45, 7) is 5.16. The molecule has 0 spiro atoms. The van der Waals surface area contributed by atoms with E-state index in [9.17, 15) is 4.79 Å². The standard InChI is InChI=1S/C9H19N3O/c1-7(8-5-10-6-8)4-11-9(13)12(2)3/h7-8,10H,4-6H2,1-3H3,(H,11,13). The highest BCUT2D eigenvalue weighted by Gasteiger charge is 2.23.